The molecule has 1 fully saturated rings. The molecule has 0 N–H and O–H groups in total. The van der Waals surface area contributed by atoms with Gasteiger partial charge in [-0.25, -0.2) is 0 Å². The first kappa shape index (κ1) is 20.6. The molecule has 1 amide bonds. The predicted octanol–water partition coefficient (Wildman–Crippen LogP) is 3.34. The lowest BCUT2D eigenvalue weighted by atomic mass is 9.97. The monoisotopic (exact) mass is 427 g/mol. The largest absolute Gasteiger partial charge is 0.493 e. The Balaban J connectivity index is 1.95. The number of ether oxygens (including phenoxy) is 3. The van der Waals surface area contributed by atoms with Crippen LogP contribution in [0.25, 0.3) is 0 Å². The van der Waals surface area contributed by atoms with E-state index in [4.69, 9.17) is 14.2 Å². The highest BCUT2D eigenvalue weighted by Crippen LogP contribution is 2.33. The SMILES string of the molecule is COc1cc(Br)c(CC(=O)OCC(=O)N2[C@H](C)CCC[C@@H]2C)cc1OC. The molecule has 2 atom stereocenters. The van der Waals surface area contributed by atoms with E-state index in [0.29, 0.717) is 17.1 Å². The molecule has 0 bridgehead atoms. The number of carbonyl (C=O) groups is 2. The lowest BCUT2D eigenvalue weighted by molar-refractivity contribution is -0.154. The van der Waals surface area contributed by atoms with Crippen molar-refractivity contribution in [3.05, 3.63) is 22.2 Å². The van der Waals surface area contributed by atoms with Crippen LogP contribution in [0.1, 0.15) is 38.7 Å². The molecule has 2 rings (SSSR count). The van der Waals surface area contributed by atoms with Crippen molar-refractivity contribution in [2.75, 3.05) is 20.8 Å². The van der Waals surface area contributed by atoms with Crippen molar-refractivity contribution in [3.8, 4) is 11.5 Å². The molecule has 0 aromatic heterocycles. The molecule has 6 nitrogen and oxygen atoms in total. The van der Waals surface area contributed by atoms with Gasteiger partial charge < -0.3 is 19.1 Å². The summed E-state index contributed by atoms with van der Waals surface area (Å²) >= 11 is 3.42. The van der Waals surface area contributed by atoms with Crippen molar-refractivity contribution < 1.29 is 23.8 Å². The normalized spacial score (nSPS) is 19.8. The van der Waals surface area contributed by atoms with E-state index in [-0.39, 0.29) is 31.0 Å². The van der Waals surface area contributed by atoms with E-state index in [9.17, 15) is 9.59 Å². The molecule has 1 aromatic rings. The lowest BCUT2D eigenvalue weighted by Crippen LogP contribution is -2.49. The molecule has 1 aliphatic heterocycles. The summed E-state index contributed by atoms with van der Waals surface area (Å²) < 4.78 is 16.4. The van der Waals surface area contributed by atoms with Crippen LogP contribution in [-0.2, 0) is 20.7 Å². The molecule has 1 aromatic carbocycles. The number of methoxy groups -OCH3 is 2. The van der Waals surface area contributed by atoms with E-state index in [1.807, 2.05) is 18.7 Å². The van der Waals surface area contributed by atoms with Crippen LogP contribution in [-0.4, -0.2) is 49.7 Å². The molecule has 0 unspecified atom stereocenters. The van der Waals surface area contributed by atoms with Gasteiger partial charge in [-0.05, 0) is 50.8 Å². The zero-order chi connectivity index (χ0) is 19.3. The van der Waals surface area contributed by atoms with Gasteiger partial charge in [0, 0.05) is 16.6 Å². The summed E-state index contributed by atoms with van der Waals surface area (Å²) in [5.74, 6) is 0.512. The number of likely N-dealkylation sites (tertiary alicyclic amines) is 1. The van der Waals surface area contributed by atoms with E-state index in [2.05, 4.69) is 15.9 Å². The Kier molecular flexibility index (Phi) is 7.32. The second-order valence-corrected chi connectivity index (χ2v) is 7.42. The van der Waals surface area contributed by atoms with Crippen molar-refractivity contribution in [2.45, 2.75) is 51.6 Å². The van der Waals surface area contributed by atoms with Gasteiger partial charge in [0.1, 0.15) is 0 Å². The molecular weight excluding hydrogens is 402 g/mol. The highest BCUT2D eigenvalue weighted by atomic mass is 79.9. The molecule has 1 aliphatic rings. The first-order chi connectivity index (χ1) is 12.4. The maximum Gasteiger partial charge on any atom is 0.310 e. The molecule has 7 heteroatoms. The van der Waals surface area contributed by atoms with Crippen molar-refractivity contribution in [3.63, 3.8) is 0 Å². The summed E-state index contributed by atoms with van der Waals surface area (Å²) in [6.45, 7) is 3.85. The van der Waals surface area contributed by atoms with Gasteiger partial charge in [-0.3, -0.25) is 9.59 Å². The van der Waals surface area contributed by atoms with Crippen LogP contribution in [0.2, 0.25) is 0 Å². The Hall–Kier alpha value is -1.76. The second-order valence-electron chi connectivity index (χ2n) is 6.57. The number of benzene rings is 1. The topological polar surface area (TPSA) is 65.1 Å². The molecule has 0 spiro atoms. The van der Waals surface area contributed by atoms with Crippen LogP contribution in [0, 0.1) is 0 Å². The van der Waals surface area contributed by atoms with Gasteiger partial charge >= 0.3 is 5.97 Å². The third-order valence-electron chi connectivity index (χ3n) is 4.73. The maximum absolute atomic E-state index is 12.4. The molecular formula is C19H26BrNO5. The van der Waals surface area contributed by atoms with Gasteiger partial charge in [0.15, 0.2) is 18.1 Å². The van der Waals surface area contributed by atoms with Crippen molar-refractivity contribution in [2.24, 2.45) is 0 Å². The van der Waals surface area contributed by atoms with Crippen LogP contribution in [0.5, 0.6) is 11.5 Å². The average molecular weight is 428 g/mol. The second kappa shape index (κ2) is 9.26. The Bertz CT molecular complexity index is 654. The van der Waals surface area contributed by atoms with E-state index in [1.54, 1.807) is 19.2 Å². The fraction of sp³-hybridized carbons (Fsp3) is 0.579. The van der Waals surface area contributed by atoms with Crippen molar-refractivity contribution in [1.29, 1.82) is 0 Å². The molecule has 1 heterocycles. The smallest absolute Gasteiger partial charge is 0.310 e. The quantitative estimate of drug-likeness (QED) is 0.651. The minimum atomic E-state index is -0.455. The van der Waals surface area contributed by atoms with Gasteiger partial charge in [-0.2, -0.15) is 0 Å². The number of hydrogen-bond donors (Lipinski definition) is 0. The first-order valence-electron chi connectivity index (χ1n) is 8.74. The van der Waals surface area contributed by atoms with E-state index in [1.165, 1.54) is 7.11 Å². The highest BCUT2D eigenvalue weighted by molar-refractivity contribution is 9.10. The number of nitrogens with zero attached hydrogens (tertiary/aromatic N) is 1. The van der Waals surface area contributed by atoms with Gasteiger partial charge in [0.25, 0.3) is 5.91 Å². The van der Waals surface area contributed by atoms with Gasteiger partial charge in [-0.1, -0.05) is 15.9 Å². The summed E-state index contributed by atoms with van der Waals surface area (Å²) in [4.78, 5) is 26.4. The van der Waals surface area contributed by atoms with E-state index < -0.39 is 5.97 Å². The Morgan fingerprint density at radius 2 is 1.69 bits per heavy atom. The number of amides is 1. The molecule has 0 saturated carbocycles. The maximum atomic E-state index is 12.4. The van der Waals surface area contributed by atoms with Crippen molar-refractivity contribution in [1.82, 2.24) is 4.90 Å². The van der Waals surface area contributed by atoms with Gasteiger partial charge in [0.2, 0.25) is 0 Å². The highest BCUT2D eigenvalue weighted by Gasteiger charge is 2.29. The standard InChI is InChI=1S/C19H26BrNO5/c1-12-6-5-7-13(2)21(12)18(22)11-26-19(23)9-14-8-16(24-3)17(25-4)10-15(14)20/h8,10,12-13H,5-7,9,11H2,1-4H3/t12-,13+. The van der Waals surface area contributed by atoms with Crippen LogP contribution in [0.15, 0.2) is 16.6 Å². The number of carbonyl (C=O) groups excluding carboxylic acids is 2. The minimum absolute atomic E-state index is 0.0410. The van der Waals surface area contributed by atoms with Crippen LogP contribution >= 0.6 is 15.9 Å². The molecule has 144 valence electrons. The number of hydrogen-bond acceptors (Lipinski definition) is 5. The van der Waals surface area contributed by atoms with Crippen LogP contribution in [0.3, 0.4) is 0 Å². The number of halogens is 1. The fourth-order valence-corrected chi connectivity index (χ4v) is 3.83. The number of esters is 1. The Morgan fingerprint density at radius 3 is 2.27 bits per heavy atom. The zero-order valence-corrected chi connectivity index (χ0v) is 17.3. The zero-order valence-electron chi connectivity index (χ0n) is 15.7. The third-order valence-corrected chi connectivity index (χ3v) is 5.46. The summed E-state index contributed by atoms with van der Waals surface area (Å²) in [6, 6.07) is 3.83. The van der Waals surface area contributed by atoms with Crippen LogP contribution < -0.4 is 9.47 Å². The third kappa shape index (κ3) is 4.90. The Morgan fingerprint density at radius 1 is 1.12 bits per heavy atom. The lowest BCUT2D eigenvalue weighted by Gasteiger charge is -2.38. The summed E-state index contributed by atoms with van der Waals surface area (Å²) in [5.41, 5.74) is 0.708. The first-order valence-corrected chi connectivity index (χ1v) is 9.53. The Labute approximate surface area is 162 Å². The molecule has 0 aliphatic carbocycles. The summed E-state index contributed by atoms with van der Waals surface area (Å²) in [6.07, 6.45) is 3.14. The molecule has 26 heavy (non-hydrogen) atoms. The molecule has 1 saturated heterocycles. The summed E-state index contributed by atoms with van der Waals surface area (Å²) in [5, 5.41) is 0. The van der Waals surface area contributed by atoms with Crippen LogP contribution in [0.4, 0.5) is 0 Å². The predicted molar refractivity (Wildman–Crippen MR) is 102 cm³/mol. The van der Waals surface area contributed by atoms with E-state index >= 15 is 0 Å². The molecule has 0 radical (unpaired) electrons. The average Bonchev–Trinajstić information content (AvgIpc) is 2.61. The number of rotatable bonds is 6. The summed E-state index contributed by atoms with van der Waals surface area (Å²) in [7, 11) is 3.08. The fourth-order valence-electron chi connectivity index (χ4n) is 3.37. The minimum Gasteiger partial charge on any atom is -0.493 e. The van der Waals surface area contributed by atoms with Gasteiger partial charge in [0.05, 0.1) is 20.6 Å². The van der Waals surface area contributed by atoms with E-state index in [0.717, 1.165) is 23.7 Å². The van der Waals surface area contributed by atoms with Gasteiger partial charge in [-0.15, -0.1) is 0 Å². The number of piperidine rings is 1. The van der Waals surface area contributed by atoms with Crippen molar-refractivity contribution >= 4 is 27.8 Å².